The molecule has 1 heterocycles. The van der Waals surface area contributed by atoms with Gasteiger partial charge in [0.05, 0.1) is 27.0 Å². The molecule has 110 valence electrons. The molecule has 0 aliphatic carbocycles. The molecule has 1 unspecified atom stereocenters. The van der Waals surface area contributed by atoms with E-state index in [4.69, 9.17) is 10.8 Å². The van der Waals surface area contributed by atoms with Gasteiger partial charge in [-0.2, -0.15) is 0 Å². The van der Waals surface area contributed by atoms with Gasteiger partial charge in [0.1, 0.15) is 6.04 Å². The highest BCUT2D eigenvalue weighted by Gasteiger charge is 2.16. The summed E-state index contributed by atoms with van der Waals surface area (Å²) in [5, 5.41) is 27.2. The van der Waals surface area contributed by atoms with E-state index in [1.54, 1.807) is 6.07 Å². The second-order valence-corrected chi connectivity index (χ2v) is 5.05. The van der Waals surface area contributed by atoms with Crippen molar-refractivity contribution >= 4 is 27.6 Å². The summed E-state index contributed by atoms with van der Waals surface area (Å²) in [6.07, 6.45) is 1.50. The molecule has 0 radical (unpaired) electrons. The molecule has 2 rings (SSSR count). The van der Waals surface area contributed by atoms with E-state index in [0.29, 0.717) is 15.9 Å². The van der Waals surface area contributed by atoms with Gasteiger partial charge in [-0.15, -0.1) is 5.10 Å². The molecule has 2 aromatic rings. The fourth-order valence-corrected chi connectivity index (χ4v) is 2.01. The van der Waals surface area contributed by atoms with Gasteiger partial charge in [0.2, 0.25) is 0 Å². The average molecular weight is 356 g/mol. The number of halogens is 1. The molecule has 1 atom stereocenters. The number of benzene rings is 1. The van der Waals surface area contributed by atoms with Crippen molar-refractivity contribution < 1.29 is 14.8 Å². The van der Waals surface area contributed by atoms with Crippen LogP contribution in [0.15, 0.2) is 28.9 Å². The Balaban J connectivity index is 2.27. The molecule has 10 heteroatoms. The van der Waals surface area contributed by atoms with Crippen LogP contribution in [-0.2, 0) is 11.2 Å². The summed E-state index contributed by atoms with van der Waals surface area (Å²) >= 11 is 3.09. The van der Waals surface area contributed by atoms with E-state index in [-0.39, 0.29) is 12.1 Å². The van der Waals surface area contributed by atoms with Crippen LogP contribution in [0, 0.1) is 10.1 Å². The molecule has 9 nitrogen and oxygen atoms in total. The van der Waals surface area contributed by atoms with Gasteiger partial charge >= 0.3 is 5.97 Å². The van der Waals surface area contributed by atoms with Crippen molar-refractivity contribution in [3.63, 3.8) is 0 Å². The fraction of sp³-hybridized carbons (Fsp3) is 0.182. The third-order valence-corrected chi connectivity index (χ3v) is 3.35. The highest BCUT2D eigenvalue weighted by atomic mass is 79.9. The van der Waals surface area contributed by atoms with Crippen LogP contribution in [0.3, 0.4) is 0 Å². The molecule has 21 heavy (non-hydrogen) atoms. The average Bonchev–Trinajstić information content (AvgIpc) is 2.87. The molecule has 0 aliphatic heterocycles. The maximum absolute atomic E-state index is 10.9. The number of carboxylic acids is 1. The van der Waals surface area contributed by atoms with Crippen LogP contribution in [0.25, 0.3) is 5.69 Å². The number of carboxylic acid groups (broad SMARTS) is 1. The van der Waals surface area contributed by atoms with Crippen molar-refractivity contribution in [2.45, 2.75) is 12.5 Å². The van der Waals surface area contributed by atoms with Gasteiger partial charge in [-0.25, -0.2) is 4.68 Å². The zero-order valence-corrected chi connectivity index (χ0v) is 12.1. The first-order valence-electron chi connectivity index (χ1n) is 5.72. The summed E-state index contributed by atoms with van der Waals surface area (Å²) < 4.78 is 1.67. The highest BCUT2D eigenvalue weighted by Crippen LogP contribution is 2.26. The number of nitro benzene ring substituents is 1. The van der Waals surface area contributed by atoms with Crippen LogP contribution >= 0.6 is 15.9 Å². The SMILES string of the molecule is NC(Cc1cn(-c2ccc(Br)c([N+](=O)[O-])c2)nn1)C(=O)O. The monoisotopic (exact) mass is 355 g/mol. The Bertz CT molecular complexity index is 702. The van der Waals surface area contributed by atoms with Gasteiger partial charge in [-0.1, -0.05) is 5.21 Å². The Morgan fingerprint density at radius 3 is 2.90 bits per heavy atom. The molecule has 1 aromatic heterocycles. The van der Waals surface area contributed by atoms with E-state index < -0.39 is 16.9 Å². The highest BCUT2D eigenvalue weighted by molar-refractivity contribution is 9.10. The molecular formula is C11H10BrN5O4. The number of carbonyl (C=O) groups is 1. The number of aromatic nitrogens is 3. The van der Waals surface area contributed by atoms with Crippen molar-refractivity contribution in [1.29, 1.82) is 0 Å². The molecule has 0 fully saturated rings. The minimum absolute atomic E-state index is 0.0218. The summed E-state index contributed by atoms with van der Waals surface area (Å²) in [5.41, 5.74) is 6.13. The lowest BCUT2D eigenvalue weighted by Gasteiger charge is -2.02. The molecule has 0 saturated carbocycles. The molecule has 0 saturated heterocycles. The second-order valence-electron chi connectivity index (χ2n) is 4.20. The zero-order chi connectivity index (χ0) is 15.6. The van der Waals surface area contributed by atoms with Crippen molar-refractivity contribution in [2.75, 3.05) is 0 Å². The van der Waals surface area contributed by atoms with Gasteiger partial charge in [0, 0.05) is 12.5 Å². The van der Waals surface area contributed by atoms with Crippen LogP contribution in [0.5, 0.6) is 0 Å². The standard InChI is InChI=1S/C11H10BrN5O4/c12-8-2-1-7(4-10(8)17(20)21)16-5-6(14-15-16)3-9(13)11(18)19/h1-2,4-5,9H,3,13H2,(H,18,19). The molecule has 0 amide bonds. The smallest absolute Gasteiger partial charge is 0.320 e. The third-order valence-electron chi connectivity index (χ3n) is 2.68. The molecular weight excluding hydrogens is 346 g/mol. The van der Waals surface area contributed by atoms with Crippen molar-refractivity contribution in [3.05, 3.63) is 44.7 Å². The topological polar surface area (TPSA) is 137 Å². The first-order valence-corrected chi connectivity index (χ1v) is 6.51. The quantitative estimate of drug-likeness (QED) is 0.599. The number of hydrogen-bond donors (Lipinski definition) is 2. The maximum Gasteiger partial charge on any atom is 0.320 e. The molecule has 1 aromatic carbocycles. The van der Waals surface area contributed by atoms with Gasteiger partial charge in [0.15, 0.2) is 0 Å². The van der Waals surface area contributed by atoms with Gasteiger partial charge in [0.25, 0.3) is 5.69 Å². The van der Waals surface area contributed by atoms with E-state index in [1.165, 1.54) is 23.0 Å². The Kier molecular flexibility index (Phi) is 4.29. The summed E-state index contributed by atoms with van der Waals surface area (Å²) in [7, 11) is 0. The fourth-order valence-electron chi connectivity index (χ4n) is 1.61. The van der Waals surface area contributed by atoms with E-state index in [1.807, 2.05) is 0 Å². The number of aliphatic carboxylic acids is 1. The Morgan fingerprint density at radius 2 is 2.29 bits per heavy atom. The minimum atomic E-state index is -1.14. The summed E-state index contributed by atoms with van der Waals surface area (Å²) in [5.74, 6) is -1.14. The molecule has 0 aliphatic rings. The van der Waals surface area contributed by atoms with E-state index in [9.17, 15) is 14.9 Å². The third kappa shape index (κ3) is 3.41. The van der Waals surface area contributed by atoms with Crippen molar-refractivity contribution in [3.8, 4) is 5.69 Å². The summed E-state index contributed by atoms with van der Waals surface area (Å²) in [6, 6.07) is 3.40. The van der Waals surface area contributed by atoms with Gasteiger partial charge < -0.3 is 10.8 Å². The van der Waals surface area contributed by atoms with Crippen LogP contribution in [0.2, 0.25) is 0 Å². The number of nitrogens with two attached hydrogens (primary N) is 1. The predicted molar refractivity (Wildman–Crippen MR) is 75.0 cm³/mol. The summed E-state index contributed by atoms with van der Waals surface area (Å²) in [4.78, 5) is 21.0. The normalized spacial score (nSPS) is 12.1. The van der Waals surface area contributed by atoms with E-state index >= 15 is 0 Å². The lowest BCUT2D eigenvalue weighted by Crippen LogP contribution is -2.32. The molecule has 0 spiro atoms. The van der Waals surface area contributed by atoms with Crippen LogP contribution < -0.4 is 5.73 Å². The minimum Gasteiger partial charge on any atom is -0.480 e. The van der Waals surface area contributed by atoms with Gasteiger partial charge in [-0.3, -0.25) is 14.9 Å². The van der Waals surface area contributed by atoms with E-state index in [0.717, 1.165) is 0 Å². The first kappa shape index (κ1) is 15.1. The van der Waals surface area contributed by atoms with Crippen LogP contribution in [0.4, 0.5) is 5.69 Å². The van der Waals surface area contributed by atoms with E-state index in [2.05, 4.69) is 26.2 Å². The Labute approximate surface area is 126 Å². The molecule has 0 bridgehead atoms. The Hall–Kier alpha value is -2.33. The molecule has 3 N–H and O–H groups in total. The largest absolute Gasteiger partial charge is 0.480 e. The zero-order valence-electron chi connectivity index (χ0n) is 10.5. The second kappa shape index (κ2) is 5.97. The predicted octanol–water partition coefficient (Wildman–Crippen LogP) is 0.892. The number of rotatable bonds is 5. The first-order chi connectivity index (χ1) is 9.88. The summed E-state index contributed by atoms with van der Waals surface area (Å²) in [6.45, 7) is 0. The maximum atomic E-state index is 10.9. The van der Waals surface area contributed by atoms with Crippen molar-refractivity contribution in [1.82, 2.24) is 15.0 Å². The Morgan fingerprint density at radius 1 is 1.57 bits per heavy atom. The van der Waals surface area contributed by atoms with Crippen LogP contribution in [-0.4, -0.2) is 37.0 Å². The number of nitro groups is 1. The lowest BCUT2D eigenvalue weighted by atomic mass is 10.2. The van der Waals surface area contributed by atoms with Crippen molar-refractivity contribution in [2.24, 2.45) is 5.73 Å². The van der Waals surface area contributed by atoms with Gasteiger partial charge in [-0.05, 0) is 28.1 Å². The number of hydrogen-bond acceptors (Lipinski definition) is 6. The number of nitrogens with zero attached hydrogens (tertiary/aromatic N) is 4. The van der Waals surface area contributed by atoms with Crippen LogP contribution in [0.1, 0.15) is 5.69 Å². The lowest BCUT2D eigenvalue weighted by molar-refractivity contribution is -0.385.